The molecule has 1 saturated carbocycles. The summed E-state index contributed by atoms with van der Waals surface area (Å²) in [5.41, 5.74) is 0.788. The first-order valence-electron chi connectivity index (χ1n) is 7.48. The van der Waals surface area contributed by atoms with Gasteiger partial charge in [-0.1, -0.05) is 12.8 Å². The van der Waals surface area contributed by atoms with E-state index in [4.69, 9.17) is 0 Å². The minimum atomic E-state index is -0.396. The van der Waals surface area contributed by atoms with Crippen LogP contribution in [0.5, 0.6) is 0 Å². The Bertz CT molecular complexity index is 652. The second-order valence-corrected chi connectivity index (χ2v) is 6.79. The molecule has 22 heavy (non-hydrogen) atoms. The molecule has 114 valence electrons. The highest BCUT2D eigenvalue weighted by Gasteiger charge is 2.17. The molecule has 5 heteroatoms. The molecule has 1 heterocycles. The quantitative estimate of drug-likeness (QED) is 0.693. The summed E-state index contributed by atoms with van der Waals surface area (Å²) in [4.78, 5) is 13.3. The van der Waals surface area contributed by atoms with E-state index in [-0.39, 0.29) is 5.69 Å². The lowest BCUT2D eigenvalue weighted by atomic mass is 10.3. The van der Waals surface area contributed by atoms with E-state index in [9.17, 15) is 10.0 Å². The van der Waals surface area contributed by atoms with E-state index in [0.29, 0.717) is 10.4 Å². The number of nitrogens with one attached hydrogen (secondary N) is 1. The Balaban J connectivity index is 1.63. The molecular formula is C17H18N2O2S. The van der Waals surface area contributed by atoms with Crippen molar-refractivity contribution < 1.29 is 9.52 Å². The highest BCUT2D eigenvalue weighted by molar-refractivity contribution is 8.00. The van der Waals surface area contributed by atoms with Crippen molar-refractivity contribution in [1.82, 2.24) is 0 Å². The fourth-order valence-corrected chi connectivity index (χ4v) is 3.86. The van der Waals surface area contributed by atoms with Crippen LogP contribution < -0.4 is 10.0 Å². The average Bonchev–Trinajstić information content (AvgIpc) is 3.02. The van der Waals surface area contributed by atoms with Crippen molar-refractivity contribution in [3.05, 3.63) is 59.6 Å². The number of carbonyl (C=O) groups excluding carboxylic acids is 1. The first kappa shape index (κ1) is 14.9. The van der Waals surface area contributed by atoms with Gasteiger partial charge in [-0.15, -0.1) is 11.8 Å². The number of rotatable bonds is 4. The van der Waals surface area contributed by atoms with Crippen LogP contribution in [0.15, 0.2) is 53.6 Å². The van der Waals surface area contributed by atoms with E-state index in [1.54, 1.807) is 12.1 Å². The number of hydrogen-bond donors (Lipinski definition) is 1. The zero-order valence-electron chi connectivity index (χ0n) is 12.2. The molecule has 0 saturated heterocycles. The summed E-state index contributed by atoms with van der Waals surface area (Å²) < 4.78 is 0.569. The number of thioether (sulfide) groups is 1. The largest absolute Gasteiger partial charge is 0.618 e. The summed E-state index contributed by atoms with van der Waals surface area (Å²) in [6.07, 6.45) is 6.56. The van der Waals surface area contributed by atoms with Crippen molar-refractivity contribution in [3.8, 4) is 0 Å². The summed E-state index contributed by atoms with van der Waals surface area (Å²) >= 11 is 1.91. The fourth-order valence-electron chi connectivity index (χ4n) is 2.61. The molecular weight excluding hydrogens is 296 g/mol. The van der Waals surface area contributed by atoms with Gasteiger partial charge >= 0.3 is 5.91 Å². The fraction of sp³-hybridized carbons (Fsp3) is 0.294. The monoisotopic (exact) mass is 314 g/mol. The Labute approximate surface area is 134 Å². The lowest BCUT2D eigenvalue weighted by Crippen LogP contribution is -2.36. The van der Waals surface area contributed by atoms with Gasteiger partial charge in [0, 0.05) is 28.0 Å². The molecule has 1 N–H and O–H groups in total. The number of pyridine rings is 1. The smallest absolute Gasteiger partial charge is 0.321 e. The molecule has 4 nitrogen and oxygen atoms in total. The predicted molar refractivity (Wildman–Crippen MR) is 87.9 cm³/mol. The molecule has 1 aliphatic carbocycles. The van der Waals surface area contributed by atoms with Crippen molar-refractivity contribution in [2.75, 3.05) is 5.32 Å². The van der Waals surface area contributed by atoms with Crippen LogP contribution in [-0.2, 0) is 0 Å². The van der Waals surface area contributed by atoms with Gasteiger partial charge in [-0.05, 0) is 43.2 Å². The highest BCUT2D eigenvalue weighted by Crippen LogP contribution is 2.34. The highest BCUT2D eigenvalue weighted by atomic mass is 32.2. The summed E-state index contributed by atoms with van der Waals surface area (Å²) in [7, 11) is 0. The second-order valence-electron chi connectivity index (χ2n) is 5.41. The molecule has 1 aromatic heterocycles. The van der Waals surface area contributed by atoms with E-state index in [1.807, 2.05) is 36.0 Å². The number of anilines is 1. The minimum Gasteiger partial charge on any atom is -0.618 e. The van der Waals surface area contributed by atoms with Gasteiger partial charge in [0.05, 0.1) is 0 Å². The van der Waals surface area contributed by atoms with Gasteiger partial charge in [0.2, 0.25) is 0 Å². The number of carbonyl (C=O) groups is 1. The number of amides is 1. The summed E-state index contributed by atoms with van der Waals surface area (Å²) in [6.45, 7) is 0. The van der Waals surface area contributed by atoms with E-state index in [1.165, 1.54) is 42.8 Å². The van der Waals surface area contributed by atoms with Gasteiger partial charge in [-0.25, -0.2) is 0 Å². The number of hydrogen-bond acceptors (Lipinski definition) is 3. The third-order valence-corrected chi connectivity index (χ3v) is 5.12. The third kappa shape index (κ3) is 3.60. The molecule has 0 atom stereocenters. The molecule has 1 amide bonds. The van der Waals surface area contributed by atoms with Crippen LogP contribution in [0.3, 0.4) is 0 Å². The van der Waals surface area contributed by atoms with E-state index < -0.39 is 5.91 Å². The van der Waals surface area contributed by atoms with Crippen LogP contribution in [0.1, 0.15) is 36.2 Å². The van der Waals surface area contributed by atoms with Gasteiger partial charge in [0.1, 0.15) is 0 Å². The standard InChI is InChI=1S/C17H18N2O2S/c20-17(16-7-3-4-12-19(16)21)18-13-8-10-15(11-9-13)22-14-5-1-2-6-14/h3-4,7-12,14H,1-2,5-6H2,(H,18,20). The maximum atomic E-state index is 12.1. The minimum absolute atomic E-state index is 0.0897. The number of aromatic nitrogens is 1. The van der Waals surface area contributed by atoms with Crippen LogP contribution in [0.2, 0.25) is 0 Å². The summed E-state index contributed by atoms with van der Waals surface area (Å²) in [6, 6.07) is 12.6. The van der Waals surface area contributed by atoms with Crippen LogP contribution in [0.25, 0.3) is 0 Å². The molecule has 1 fully saturated rings. The lowest BCUT2D eigenvalue weighted by molar-refractivity contribution is -0.607. The van der Waals surface area contributed by atoms with E-state index in [0.717, 1.165) is 5.25 Å². The molecule has 2 aromatic rings. The SMILES string of the molecule is O=C(Nc1ccc(SC2CCCC2)cc1)c1cccc[n+]1[O-]. The van der Waals surface area contributed by atoms with Crippen molar-refractivity contribution in [3.63, 3.8) is 0 Å². The Kier molecular flexibility index (Phi) is 4.63. The topological polar surface area (TPSA) is 56.0 Å². The first-order valence-corrected chi connectivity index (χ1v) is 8.36. The van der Waals surface area contributed by atoms with E-state index in [2.05, 4.69) is 5.32 Å². The maximum absolute atomic E-state index is 12.1. The Morgan fingerprint density at radius 1 is 1.14 bits per heavy atom. The zero-order chi connectivity index (χ0) is 15.4. The van der Waals surface area contributed by atoms with Gasteiger partial charge in [0.25, 0.3) is 5.69 Å². The van der Waals surface area contributed by atoms with Crippen LogP contribution in [0.4, 0.5) is 5.69 Å². The molecule has 1 aromatic carbocycles. The lowest BCUT2D eigenvalue weighted by Gasteiger charge is -2.10. The van der Waals surface area contributed by atoms with Crippen LogP contribution in [0, 0.1) is 5.21 Å². The maximum Gasteiger partial charge on any atom is 0.321 e. The zero-order valence-corrected chi connectivity index (χ0v) is 13.0. The van der Waals surface area contributed by atoms with Gasteiger partial charge in [-0.3, -0.25) is 4.79 Å². The molecule has 0 spiro atoms. The molecule has 0 bridgehead atoms. The Morgan fingerprint density at radius 2 is 1.86 bits per heavy atom. The normalized spacial score (nSPS) is 14.9. The van der Waals surface area contributed by atoms with Gasteiger partial charge < -0.3 is 10.5 Å². The second kappa shape index (κ2) is 6.83. The number of nitrogens with zero attached hydrogens (tertiary/aromatic N) is 1. The van der Waals surface area contributed by atoms with Crippen molar-refractivity contribution in [1.29, 1.82) is 0 Å². The molecule has 0 radical (unpaired) electrons. The summed E-state index contributed by atoms with van der Waals surface area (Å²) in [5, 5.41) is 15.0. The van der Waals surface area contributed by atoms with Crippen LogP contribution >= 0.6 is 11.8 Å². The predicted octanol–water partition coefficient (Wildman–Crippen LogP) is 3.61. The third-order valence-electron chi connectivity index (χ3n) is 3.77. The molecule has 3 rings (SSSR count). The first-order chi connectivity index (χ1) is 10.7. The van der Waals surface area contributed by atoms with Gasteiger partial charge in [0.15, 0.2) is 6.20 Å². The molecule has 0 aliphatic heterocycles. The van der Waals surface area contributed by atoms with Gasteiger partial charge in [-0.2, -0.15) is 4.73 Å². The van der Waals surface area contributed by atoms with Crippen molar-refractivity contribution >= 4 is 23.4 Å². The average molecular weight is 314 g/mol. The van der Waals surface area contributed by atoms with Crippen molar-refractivity contribution in [2.45, 2.75) is 35.8 Å². The molecule has 1 aliphatic rings. The van der Waals surface area contributed by atoms with Crippen LogP contribution in [-0.4, -0.2) is 11.2 Å². The number of benzene rings is 1. The Hall–Kier alpha value is -2.01. The Morgan fingerprint density at radius 3 is 2.55 bits per heavy atom. The summed E-state index contributed by atoms with van der Waals surface area (Å²) in [5.74, 6) is -0.396. The molecule has 0 unspecified atom stereocenters. The van der Waals surface area contributed by atoms with E-state index >= 15 is 0 Å². The van der Waals surface area contributed by atoms with Crippen molar-refractivity contribution in [2.24, 2.45) is 0 Å².